The number of methoxy groups -OCH3 is 1. The molecule has 3 aromatic carbocycles. The number of thiophene rings is 1. The van der Waals surface area contributed by atoms with Crippen LogP contribution in [0.4, 0.5) is 0 Å². The van der Waals surface area contributed by atoms with E-state index in [1.165, 1.54) is 87.4 Å². The van der Waals surface area contributed by atoms with Crippen LogP contribution >= 0.6 is 34.5 Å². The number of pyridine rings is 4. The minimum absolute atomic E-state index is 0.263. The van der Waals surface area contributed by atoms with Crippen LogP contribution in [0.25, 0.3) is 55.5 Å². The first-order valence-electron chi connectivity index (χ1n) is 25.9. The highest BCUT2D eigenvalue weighted by Crippen LogP contribution is 2.35. The lowest BCUT2D eigenvalue weighted by atomic mass is 9.87. The number of aryl methyl sites for hydroxylation is 11. The molecule has 0 unspecified atom stereocenters. The molecule has 0 bridgehead atoms. The van der Waals surface area contributed by atoms with Crippen molar-refractivity contribution in [3.63, 3.8) is 0 Å². The Morgan fingerprint density at radius 2 is 1.37 bits per heavy atom. The Bertz CT molecular complexity index is 3580. The zero-order valence-electron chi connectivity index (χ0n) is 46.5. The zero-order chi connectivity index (χ0) is 56.0. The van der Waals surface area contributed by atoms with Crippen LogP contribution in [0, 0.1) is 45.9 Å². The number of nitriles is 1. The van der Waals surface area contributed by atoms with E-state index in [2.05, 4.69) is 147 Å². The van der Waals surface area contributed by atoms with Gasteiger partial charge in [0, 0.05) is 52.6 Å². The predicted molar refractivity (Wildman–Crippen MR) is 311 cm³/mol. The summed E-state index contributed by atoms with van der Waals surface area (Å²) < 4.78 is 29.1. The van der Waals surface area contributed by atoms with E-state index < -0.39 is 0 Å². The largest absolute Gasteiger partial charge is 0.488 e. The normalized spacial score (nSPS) is 11.3. The average molecular weight is 1100 g/mol. The summed E-state index contributed by atoms with van der Waals surface area (Å²) in [5.74, 6) is 2.14. The van der Waals surface area contributed by atoms with Gasteiger partial charge < -0.3 is 18.6 Å². The molecule has 10 rings (SSSR count). The summed E-state index contributed by atoms with van der Waals surface area (Å²) in [6.07, 6.45) is 13.1. The van der Waals surface area contributed by atoms with Crippen molar-refractivity contribution >= 4 is 41.0 Å². The molecule has 6 aromatic heterocycles. The Balaban J connectivity index is 0.000000151. The number of carbonyl (C=O) groups is 1. The van der Waals surface area contributed by atoms with E-state index in [4.69, 9.17) is 47.1 Å². The second kappa shape index (κ2) is 27.1. The Morgan fingerprint density at radius 3 is 2.01 bits per heavy atom. The Kier molecular flexibility index (Phi) is 20.2. The van der Waals surface area contributed by atoms with E-state index in [0.29, 0.717) is 33.9 Å². The van der Waals surface area contributed by atoms with E-state index >= 15 is 0 Å². The van der Waals surface area contributed by atoms with E-state index in [9.17, 15) is 4.79 Å². The second-order valence-electron chi connectivity index (χ2n) is 19.4. The Labute approximate surface area is 473 Å². The molecule has 78 heavy (non-hydrogen) atoms. The summed E-state index contributed by atoms with van der Waals surface area (Å²) >= 11 is 13.6. The average Bonchev–Trinajstić information content (AvgIpc) is 4.01. The highest BCUT2D eigenvalue weighted by Gasteiger charge is 2.24. The van der Waals surface area contributed by atoms with Crippen molar-refractivity contribution in [3.8, 4) is 73.2 Å². The maximum atomic E-state index is 10.3. The summed E-state index contributed by atoms with van der Waals surface area (Å²) in [4.78, 5) is 12.1. The minimum Gasteiger partial charge on any atom is -0.488 e. The second-order valence-corrected chi connectivity index (χ2v) is 21.3. The molecule has 0 fully saturated rings. The predicted octanol–water partition coefficient (Wildman–Crippen LogP) is 13.7. The molecule has 1 aliphatic rings. The van der Waals surface area contributed by atoms with Gasteiger partial charge in [-0.05, 0) is 137 Å². The van der Waals surface area contributed by atoms with Gasteiger partial charge in [0.2, 0.25) is 29.0 Å². The number of halogens is 2. The van der Waals surface area contributed by atoms with Crippen LogP contribution in [0.3, 0.4) is 0 Å². The molecular weight excluding hydrogens is 1030 g/mol. The number of nitrogens with zero attached hydrogens (tertiary/aromatic N) is 5. The summed E-state index contributed by atoms with van der Waals surface area (Å²) in [6, 6.07) is 42.1. The first-order chi connectivity index (χ1) is 37.5. The third-order valence-electron chi connectivity index (χ3n) is 13.7. The van der Waals surface area contributed by atoms with Crippen LogP contribution in [0.2, 0.25) is 10.0 Å². The van der Waals surface area contributed by atoms with Crippen LogP contribution in [-0.4, -0.2) is 20.2 Å². The summed E-state index contributed by atoms with van der Waals surface area (Å²) in [5.41, 5.74) is 19.3. The molecule has 13 heteroatoms. The van der Waals surface area contributed by atoms with Gasteiger partial charge in [-0.3, -0.25) is 4.79 Å². The number of fused-ring (bicyclic) bond motifs is 1. The number of rotatable bonds is 11. The lowest BCUT2D eigenvalue weighted by Crippen LogP contribution is -2.31. The van der Waals surface area contributed by atoms with Crippen molar-refractivity contribution in [1.82, 2.24) is 0 Å². The van der Waals surface area contributed by atoms with Gasteiger partial charge in [-0.2, -0.15) is 14.4 Å². The summed E-state index contributed by atoms with van der Waals surface area (Å²) in [6.45, 7) is 13.7. The van der Waals surface area contributed by atoms with E-state index in [0.717, 1.165) is 50.0 Å². The molecule has 0 radical (unpaired) electrons. The molecule has 0 saturated heterocycles. The molecule has 9 aromatic rings. The SMILES string of the molecule is CCOc1ccc(-c2cc3c(cc2C)CCCC3)[n+](C)c1.COc1cc(-c2c(Cl)cc(Cl)c[n+]2C)c(C)o1.Cc1c[n+](C)c(-c2sc(C#N)cc2C)cc1COC=O.Cc1ccccc1-c1cc(-c2ccccc2)cc[n+]1C. The van der Waals surface area contributed by atoms with Gasteiger partial charge in [-0.1, -0.05) is 77.8 Å². The van der Waals surface area contributed by atoms with Gasteiger partial charge in [0.05, 0.1) is 19.3 Å². The molecule has 0 saturated carbocycles. The third kappa shape index (κ3) is 14.3. The van der Waals surface area contributed by atoms with E-state index in [1.54, 1.807) is 24.9 Å². The van der Waals surface area contributed by atoms with E-state index in [1.807, 2.05) is 75.3 Å². The highest BCUT2D eigenvalue weighted by molar-refractivity contribution is 7.16. The zero-order valence-corrected chi connectivity index (χ0v) is 48.9. The van der Waals surface area contributed by atoms with Crippen molar-refractivity contribution in [1.29, 1.82) is 5.26 Å². The van der Waals surface area contributed by atoms with Crippen molar-refractivity contribution in [2.75, 3.05) is 13.7 Å². The number of carbonyl (C=O) groups excluding carboxylic acids is 1. The molecule has 10 nitrogen and oxygen atoms in total. The number of ether oxygens (including phenoxy) is 3. The van der Waals surface area contributed by atoms with E-state index in [-0.39, 0.29) is 6.61 Å². The first kappa shape index (κ1) is 58.1. The van der Waals surface area contributed by atoms with Crippen LogP contribution < -0.4 is 27.7 Å². The molecule has 1 aliphatic carbocycles. The highest BCUT2D eigenvalue weighted by atomic mass is 35.5. The van der Waals surface area contributed by atoms with Crippen LogP contribution in [0.5, 0.6) is 11.7 Å². The number of hydrogen-bond donors (Lipinski definition) is 0. The van der Waals surface area contributed by atoms with Crippen molar-refractivity contribution in [2.24, 2.45) is 28.2 Å². The maximum Gasteiger partial charge on any atom is 0.293 e. The fourth-order valence-electron chi connectivity index (χ4n) is 9.68. The number of benzene rings is 3. The third-order valence-corrected chi connectivity index (χ3v) is 15.4. The molecule has 0 aliphatic heterocycles. The van der Waals surface area contributed by atoms with Gasteiger partial charge in [-0.15, -0.1) is 11.3 Å². The fraction of sp³-hybridized carbons (Fsp3) is 0.262. The minimum atomic E-state index is 0.263. The number of furan rings is 1. The topological polar surface area (TPSA) is 97.2 Å². The Morgan fingerprint density at radius 1 is 0.667 bits per heavy atom. The summed E-state index contributed by atoms with van der Waals surface area (Å²) in [7, 11) is 9.60. The van der Waals surface area contributed by atoms with Crippen molar-refractivity contribution in [2.45, 2.75) is 73.8 Å². The number of hydrogen-bond acceptors (Lipinski definition) is 7. The molecule has 0 amide bonds. The standard InChI is InChI=1S/C19H24NO.C19H18N.C15H15N2O2S.C12H12Cl2NO2/c1-4-21-17-9-10-19(20(3)13-17)18-12-16-8-6-5-7-15(16)11-14(18)2;1-15-8-6-7-11-18(15)19-14-17(12-13-20(19)2)16-9-4-3-5-10-16;1-10-4-13(6-16)20-15(10)14-5-12(8-19-9-18)11(2)7-17(14)3;1-7-9(5-11(16-3)17-7)12-10(14)4-8(13)6-15(12)2/h9-13H,4-8H2,1-3H3;3-14H,1-2H3;4-5,7,9H,8H2,1-3H3;4-6H,1-3H3/q4*+1. The summed E-state index contributed by atoms with van der Waals surface area (Å²) in [5, 5.41) is 10.2. The fourth-order valence-corrected chi connectivity index (χ4v) is 11.4. The molecule has 0 atom stereocenters. The lowest BCUT2D eigenvalue weighted by Gasteiger charge is -2.18. The van der Waals surface area contributed by atoms with Crippen LogP contribution in [0.1, 0.15) is 69.3 Å². The molecule has 6 heterocycles. The van der Waals surface area contributed by atoms with Crippen LogP contribution in [0.15, 0.2) is 144 Å². The van der Waals surface area contributed by atoms with Gasteiger partial charge in [-0.25, -0.2) is 9.13 Å². The number of aromatic nitrogens is 4. The maximum absolute atomic E-state index is 10.3. The van der Waals surface area contributed by atoms with Gasteiger partial charge in [0.15, 0.2) is 24.3 Å². The quantitative estimate of drug-likeness (QED) is 0.0945. The molecular formula is C65H69Cl2N5O5S+4. The van der Waals surface area contributed by atoms with Crippen molar-refractivity contribution < 1.29 is 41.7 Å². The smallest absolute Gasteiger partial charge is 0.293 e. The molecule has 0 spiro atoms. The lowest BCUT2D eigenvalue weighted by molar-refractivity contribution is -0.660. The molecule has 400 valence electrons. The van der Waals surface area contributed by atoms with Gasteiger partial charge >= 0.3 is 0 Å². The van der Waals surface area contributed by atoms with Gasteiger partial charge in [0.1, 0.15) is 66.4 Å². The van der Waals surface area contributed by atoms with Gasteiger partial charge in [0.25, 0.3) is 12.4 Å². The Hall–Kier alpha value is -7.62. The first-order valence-corrected chi connectivity index (χ1v) is 27.5. The monoisotopic (exact) mass is 1100 g/mol. The van der Waals surface area contributed by atoms with Crippen LogP contribution in [-0.2, 0) is 57.2 Å². The van der Waals surface area contributed by atoms with Crippen molar-refractivity contribution in [3.05, 3.63) is 200 Å². The molecule has 0 N–H and O–H groups in total.